The van der Waals surface area contributed by atoms with E-state index in [1.54, 1.807) is 6.07 Å². The maximum absolute atomic E-state index is 12.2. The van der Waals surface area contributed by atoms with Crippen molar-refractivity contribution >= 4 is 23.5 Å². The molecule has 1 aromatic heterocycles. The normalized spacial score (nSPS) is 15.9. The molecule has 6 heteroatoms. The van der Waals surface area contributed by atoms with E-state index in [1.165, 1.54) is 24.3 Å². The number of thioether (sulfide) groups is 1. The Morgan fingerprint density at radius 2 is 2.20 bits per heavy atom. The maximum atomic E-state index is 12.2. The molecule has 2 rings (SSSR count). The van der Waals surface area contributed by atoms with E-state index in [2.05, 4.69) is 15.7 Å². The molecule has 1 aliphatic rings. The Kier molecular flexibility index (Phi) is 5.67. The zero-order valence-corrected chi connectivity index (χ0v) is 12.6. The SMILES string of the molecule is CCc1cc(C(=O)NCC2CCSCC2)cc(NN)n1. The summed E-state index contributed by atoms with van der Waals surface area (Å²) in [5, 5.41) is 3.03. The van der Waals surface area contributed by atoms with E-state index in [0.717, 1.165) is 18.7 Å². The number of amides is 1. The molecule has 0 aliphatic carbocycles. The minimum atomic E-state index is -0.0446. The lowest BCUT2D eigenvalue weighted by Crippen LogP contribution is -2.31. The summed E-state index contributed by atoms with van der Waals surface area (Å²) in [4.78, 5) is 16.5. The third kappa shape index (κ3) is 4.11. The van der Waals surface area contributed by atoms with Crippen LogP contribution in [0.2, 0.25) is 0 Å². The van der Waals surface area contributed by atoms with Crippen molar-refractivity contribution in [2.24, 2.45) is 11.8 Å². The number of anilines is 1. The lowest BCUT2D eigenvalue weighted by Gasteiger charge is -2.21. The first-order valence-electron chi connectivity index (χ1n) is 7.06. The minimum Gasteiger partial charge on any atom is -0.352 e. The van der Waals surface area contributed by atoms with Crippen molar-refractivity contribution in [2.45, 2.75) is 26.2 Å². The van der Waals surface area contributed by atoms with E-state index in [1.807, 2.05) is 24.8 Å². The highest BCUT2D eigenvalue weighted by molar-refractivity contribution is 7.99. The van der Waals surface area contributed by atoms with E-state index < -0.39 is 0 Å². The Morgan fingerprint density at radius 1 is 1.45 bits per heavy atom. The number of aryl methyl sites for hydroxylation is 1. The Morgan fingerprint density at radius 3 is 2.85 bits per heavy atom. The molecule has 4 N–H and O–H groups in total. The molecule has 0 radical (unpaired) electrons. The van der Waals surface area contributed by atoms with Gasteiger partial charge >= 0.3 is 0 Å². The van der Waals surface area contributed by atoms with Crippen LogP contribution in [0.25, 0.3) is 0 Å². The summed E-state index contributed by atoms with van der Waals surface area (Å²) in [6.45, 7) is 2.76. The van der Waals surface area contributed by atoms with Gasteiger partial charge < -0.3 is 10.7 Å². The number of hydrogen-bond donors (Lipinski definition) is 3. The number of pyridine rings is 1. The first kappa shape index (κ1) is 15.1. The summed E-state index contributed by atoms with van der Waals surface area (Å²) in [6.07, 6.45) is 3.16. The van der Waals surface area contributed by atoms with Crippen molar-refractivity contribution in [1.29, 1.82) is 0 Å². The number of carbonyl (C=O) groups is 1. The Balaban J connectivity index is 1.97. The van der Waals surface area contributed by atoms with Crippen LogP contribution in [0.4, 0.5) is 5.82 Å². The van der Waals surface area contributed by atoms with Crippen LogP contribution in [0.15, 0.2) is 12.1 Å². The maximum Gasteiger partial charge on any atom is 0.251 e. The molecular weight excluding hydrogens is 272 g/mol. The number of hydrazine groups is 1. The van der Waals surface area contributed by atoms with Gasteiger partial charge in [0.15, 0.2) is 0 Å². The number of nitrogen functional groups attached to an aromatic ring is 1. The number of carbonyl (C=O) groups excluding carboxylic acids is 1. The number of aromatic nitrogens is 1. The van der Waals surface area contributed by atoms with E-state index in [4.69, 9.17) is 5.84 Å². The van der Waals surface area contributed by atoms with Crippen LogP contribution in [-0.2, 0) is 6.42 Å². The molecule has 1 amide bonds. The highest BCUT2D eigenvalue weighted by Gasteiger charge is 2.15. The van der Waals surface area contributed by atoms with Crippen molar-refractivity contribution in [2.75, 3.05) is 23.5 Å². The van der Waals surface area contributed by atoms with Gasteiger partial charge in [-0.2, -0.15) is 11.8 Å². The van der Waals surface area contributed by atoms with Crippen molar-refractivity contribution in [3.8, 4) is 0 Å². The Labute approximate surface area is 124 Å². The van der Waals surface area contributed by atoms with Crippen LogP contribution >= 0.6 is 11.8 Å². The third-order valence-corrected chi connectivity index (χ3v) is 4.59. The second-order valence-electron chi connectivity index (χ2n) is 5.00. The predicted molar refractivity (Wildman–Crippen MR) is 83.8 cm³/mol. The van der Waals surface area contributed by atoms with Crippen molar-refractivity contribution in [3.05, 3.63) is 23.4 Å². The van der Waals surface area contributed by atoms with Gasteiger partial charge in [-0.05, 0) is 48.8 Å². The number of hydrogen-bond acceptors (Lipinski definition) is 5. The highest BCUT2D eigenvalue weighted by Crippen LogP contribution is 2.22. The molecule has 1 aliphatic heterocycles. The fourth-order valence-electron chi connectivity index (χ4n) is 2.26. The number of nitrogens with zero attached hydrogens (tertiary/aromatic N) is 1. The zero-order chi connectivity index (χ0) is 14.4. The second-order valence-corrected chi connectivity index (χ2v) is 6.22. The third-order valence-electron chi connectivity index (χ3n) is 3.54. The van der Waals surface area contributed by atoms with Gasteiger partial charge in [0, 0.05) is 17.8 Å². The topological polar surface area (TPSA) is 80.0 Å². The molecule has 0 aromatic carbocycles. The van der Waals surface area contributed by atoms with E-state index in [-0.39, 0.29) is 5.91 Å². The van der Waals surface area contributed by atoms with Gasteiger partial charge in [0.05, 0.1) is 0 Å². The standard InChI is InChI=1S/C14H22N4OS/c1-2-12-7-11(8-13(17-12)18-15)14(19)16-9-10-3-5-20-6-4-10/h7-8,10H,2-6,9,15H2,1H3,(H,16,19)(H,17,18). The molecule has 0 atom stereocenters. The lowest BCUT2D eigenvalue weighted by atomic mass is 10.0. The summed E-state index contributed by atoms with van der Waals surface area (Å²) in [5.41, 5.74) is 3.99. The molecule has 2 heterocycles. The average molecular weight is 294 g/mol. The number of nitrogens with two attached hydrogens (primary N) is 1. The Bertz CT molecular complexity index is 438. The monoisotopic (exact) mass is 294 g/mol. The van der Waals surface area contributed by atoms with Gasteiger partial charge in [-0.3, -0.25) is 4.79 Å². The summed E-state index contributed by atoms with van der Waals surface area (Å²) in [7, 11) is 0. The molecule has 5 nitrogen and oxygen atoms in total. The van der Waals surface area contributed by atoms with Crippen molar-refractivity contribution in [3.63, 3.8) is 0 Å². The summed E-state index contributed by atoms with van der Waals surface area (Å²) in [5.74, 6) is 8.89. The fourth-order valence-corrected chi connectivity index (χ4v) is 3.47. The number of rotatable bonds is 5. The first-order valence-corrected chi connectivity index (χ1v) is 8.22. The van der Waals surface area contributed by atoms with E-state index in [9.17, 15) is 4.79 Å². The second kappa shape index (κ2) is 7.50. The van der Waals surface area contributed by atoms with Crippen LogP contribution in [0.5, 0.6) is 0 Å². The highest BCUT2D eigenvalue weighted by atomic mass is 32.2. The van der Waals surface area contributed by atoms with E-state index >= 15 is 0 Å². The van der Waals surface area contributed by atoms with Crippen LogP contribution in [-0.4, -0.2) is 28.9 Å². The molecule has 1 saturated heterocycles. The molecule has 0 bridgehead atoms. The van der Waals surface area contributed by atoms with Gasteiger partial charge in [-0.1, -0.05) is 6.92 Å². The van der Waals surface area contributed by atoms with Crippen LogP contribution in [0, 0.1) is 5.92 Å². The van der Waals surface area contributed by atoms with Crippen LogP contribution < -0.4 is 16.6 Å². The molecular formula is C14H22N4OS. The minimum absolute atomic E-state index is 0.0446. The largest absolute Gasteiger partial charge is 0.352 e. The molecule has 1 aromatic rings. The smallest absolute Gasteiger partial charge is 0.251 e. The average Bonchev–Trinajstić information content (AvgIpc) is 2.52. The van der Waals surface area contributed by atoms with Gasteiger partial charge in [-0.15, -0.1) is 0 Å². The molecule has 1 fully saturated rings. The number of nitrogens with one attached hydrogen (secondary N) is 2. The molecule has 0 spiro atoms. The predicted octanol–water partition coefficient (Wildman–Crippen LogP) is 1.80. The van der Waals surface area contributed by atoms with Crippen molar-refractivity contribution in [1.82, 2.24) is 10.3 Å². The van der Waals surface area contributed by atoms with Gasteiger partial charge in [-0.25, -0.2) is 10.8 Å². The molecule has 20 heavy (non-hydrogen) atoms. The Hall–Kier alpha value is -1.27. The summed E-state index contributed by atoms with van der Waals surface area (Å²) < 4.78 is 0. The van der Waals surface area contributed by atoms with Crippen molar-refractivity contribution < 1.29 is 4.79 Å². The summed E-state index contributed by atoms with van der Waals surface area (Å²) in [6, 6.07) is 3.51. The quantitative estimate of drug-likeness (QED) is 0.570. The van der Waals surface area contributed by atoms with Gasteiger partial charge in [0.2, 0.25) is 0 Å². The molecule has 0 saturated carbocycles. The molecule has 0 unspecified atom stereocenters. The van der Waals surface area contributed by atoms with E-state index in [0.29, 0.717) is 17.3 Å². The molecule has 110 valence electrons. The summed E-state index contributed by atoms with van der Waals surface area (Å²) >= 11 is 2.00. The van der Waals surface area contributed by atoms with Gasteiger partial charge in [0.25, 0.3) is 5.91 Å². The van der Waals surface area contributed by atoms with Gasteiger partial charge in [0.1, 0.15) is 5.82 Å². The van der Waals surface area contributed by atoms with Crippen LogP contribution in [0.3, 0.4) is 0 Å². The first-order chi connectivity index (χ1) is 9.72. The van der Waals surface area contributed by atoms with Crippen LogP contribution in [0.1, 0.15) is 35.8 Å². The fraction of sp³-hybridized carbons (Fsp3) is 0.571. The lowest BCUT2D eigenvalue weighted by molar-refractivity contribution is 0.0946. The zero-order valence-electron chi connectivity index (χ0n) is 11.8.